The van der Waals surface area contributed by atoms with E-state index in [0.29, 0.717) is 28.8 Å². The normalized spacial score (nSPS) is 34.2. The Balaban J connectivity index is 1.38. The zero-order chi connectivity index (χ0) is 22.4. The van der Waals surface area contributed by atoms with E-state index in [4.69, 9.17) is 21.1 Å². The van der Waals surface area contributed by atoms with Crippen molar-refractivity contribution in [3.8, 4) is 0 Å². The van der Waals surface area contributed by atoms with E-state index < -0.39 is 37.1 Å². The molecule has 2 heterocycles. The van der Waals surface area contributed by atoms with Crippen LogP contribution in [0.25, 0.3) is 0 Å². The molecule has 0 amide bonds. The highest BCUT2D eigenvalue weighted by molar-refractivity contribution is 6.31. The second-order valence-corrected chi connectivity index (χ2v) is 9.75. The van der Waals surface area contributed by atoms with E-state index in [2.05, 4.69) is 18.2 Å². The molecule has 2 fully saturated rings. The van der Waals surface area contributed by atoms with Crippen LogP contribution in [0.2, 0.25) is 5.02 Å². The van der Waals surface area contributed by atoms with Crippen LogP contribution < -0.4 is 0 Å². The lowest BCUT2D eigenvalue weighted by atomic mass is 9.77. The van der Waals surface area contributed by atoms with Gasteiger partial charge >= 0.3 is 0 Å². The Labute approximate surface area is 192 Å². The number of ether oxygens (including phenoxy) is 2. The Morgan fingerprint density at radius 2 is 1.62 bits per heavy atom. The fourth-order valence-electron chi connectivity index (χ4n) is 5.34. The molecule has 6 nitrogen and oxygen atoms in total. The molecule has 1 aliphatic carbocycles. The first-order chi connectivity index (χ1) is 15.4. The van der Waals surface area contributed by atoms with Gasteiger partial charge in [0, 0.05) is 5.02 Å². The maximum absolute atomic E-state index is 10.5. The topological polar surface area (TPSA) is 99.4 Å². The first kappa shape index (κ1) is 22.3. The summed E-state index contributed by atoms with van der Waals surface area (Å²) < 4.78 is 11.4. The summed E-state index contributed by atoms with van der Waals surface area (Å²) in [5.41, 5.74) is 5.48. The highest BCUT2D eigenvalue weighted by atomic mass is 35.5. The van der Waals surface area contributed by atoms with Crippen molar-refractivity contribution in [1.82, 2.24) is 0 Å². The van der Waals surface area contributed by atoms with Crippen LogP contribution >= 0.6 is 11.6 Å². The first-order valence-corrected chi connectivity index (χ1v) is 11.6. The Kier molecular flexibility index (Phi) is 6.29. The van der Waals surface area contributed by atoms with Gasteiger partial charge in [0.1, 0.15) is 30.5 Å². The van der Waals surface area contributed by atoms with Crippen molar-refractivity contribution >= 4 is 11.6 Å². The van der Waals surface area contributed by atoms with Crippen LogP contribution in [-0.4, -0.2) is 64.7 Å². The molecule has 2 aromatic carbocycles. The molecule has 7 atom stereocenters. The van der Waals surface area contributed by atoms with E-state index in [1.165, 1.54) is 11.1 Å². The molecule has 2 unspecified atom stereocenters. The summed E-state index contributed by atoms with van der Waals surface area (Å²) in [5, 5.41) is 40.7. The lowest BCUT2D eigenvalue weighted by Crippen LogP contribution is -2.55. The van der Waals surface area contributed by atoms with Crippen molar-refractivity contribution in [2.75, 3.05) is 19.8 Å². The number of fused-ring (bicyclic) bond motifs is 2. The molecule has 0 bridgehead atoms. The number of aliphatic hydroxyl groups excluding tert-OH is 4. The van der Waals surface area contributed by atoms with Gasteiger partial charge in [0.2, 0.25) is 0 Å². The molecule has 0 spiro atoms. The van der Waals surface area contributed by atoms with E-state index in [-0.39, 0.29) is 0 Å². The quantitative estimate of drug-likeness (QED) is 0.555. The van der Waals surface area contributed by atoms with Gasteiger partial charge in [-0.05, 0) is 65.0 Å². The van der Waals surface area contributed by atoms with Crippen LogP contribution in [0.1, 0.15) is 33.9 Å². The minimum absolute atomic E-state index is 0.454. The van der Waals surface area contributed by atoms with Gasteiger partial charge in [-0.3, -0.25) is 0 Å². The van der Waals surface area contributed by atoms with E-state index in [1.54, 1.807) is 12.1 Å². The molecule has 2 saturated heterocycles. The average molecular weight is 461 g/mol. The van der Waals surface area contributed by atoms with Crippen molar-refractivity contribution in [2.24, 2.45) is 11.8 Å². The molecular weight excluding hydrogens is 432 g/mol. The molecule has 172 valence electrons. The van der Waals surface area contributed by atoms with Crippen LogP contribution in [0.4, 0.5) is 0 Å². The number of hydrogen-bond donors (Lipinski definition) is 4. The number of halogens is 1. The summed E-state index contributed by atoms with van der Waals surface area (Å²) in [5.74, 6) is 1.24. The monoisotopic (exact) mass is 460 g/mol. The standard InChI is InChI=1S/C25H29ClO6/c26-20-4-3-15(25-24(30)23(29)22(28)21(10-27)32-25)8-17(20)6-13-1-2-14-7-18-11-31-12-19(18)9-16(14)5-13/h1-5,8,18-19,21-25,27-30H,6-7,9-12H2/t18?,19?,21-,22-,23+,24-,25-/m1/s1. The largest absolute Gasteiger partial charge is 0.394 e. The maximum Gasteiger partial charge on any atom is 0.113 e. The van der Waals surface area contributed by atoms with Gasteiger partial charge in [0.05, 0.1) is 19.8 Å². The molecule has 0 aromatic heterocycles. The Bertz CT molecular complexity index is 979. The third-order valence-electron chi connectivity index (χ3n) is 7.25. The van der Waals surface area contributed by atoms with Crippen molar-refractivity contribution in [3.05, 3.63) is 69.2 Å². The van der Waals surface area contributed by atoms with Crippen LogP contribution in [-0.2, 0) is 28.7 Å². The molecule has 4 N–H and O–H groups in total. The Morgan fingerprint density at radius 3 is 2.38 bits per heavy atom. The van der Waals surface area contributed by atoms with Gasteiger partial charge in [-0.25, -0.2) is 0 Å². The van der Waals surface area contributed by atoms with Crippen molar-refractivity contribution < 1.29 is 29.9 Å². The van der Waals surface area contributed by atoms with Crippen LogP contribution in [0.3, 0.4) is 0 Å². The lowest BCUT2D eigenvalue weighted by molar-refractivity contribution is -0.231. The molecule has 2 aromatic rings. The summed E-state index contributed by atoms with van der Waals surface area (Å²) in [7, 11) is 0. The summed E-state index contributed by atoms with van der Waals surface area (Å²) in [6, 6.07) is 12.0. The minimum Gasteiger partial charge on any atom is -0.394 e. The summed E-state index contributed by atoms with van der Waals surface area (Å²) in [4.78, 5) is 0. The second-order valence-electron chi connectivity index (χ2n) is 9.35. The SMILES string of the molecule is OC[C@H]1O[C@H](c2ccc(Cl)c(Cc3ccc4c(c3)CC3COCC3C4)c2)[C@H](O)[C@@H](O)[C@@H]1O. The van der Waals surface area contributed by atoms with Gasteiger partial charge in [-0.15, -0.1) is 0 Å². The van der Waals surface area contributed by atoms with Gasteiger partial charge in [-0.1, -0.05) is 41.9 Å². The van der Waals surface area contributed by atoms with E-state index in [0.717, 1.165) is 37.2 Å². The van der Waals surface area contributed by atoms with Crippen LogP contribution in [0, 0.1) is 11.8 Å². The van der Waals surface area contributed by atoms with E-state index in [9.17, 15) is 20.4 Å². The van der Waals surface area contributed by atoms with Crippen molar-refractivity contribution in [3.63, 3.8) is 0 Å². The van der Waals surface area contributed by atoms with Gasteiger partial charge < -0.3 is 29.9 Å². The highest BCUT2D eigenvalue weighted by Crippen LogP contribution is 2.37. The average Bonchev–Trinajstić information content (AvgIpc) is 3.25. The van der Waals surface area contributed by atoms with E-state index >= 15 is 0 Å². The molecular formula is C25H29ClO6. The predicted molar refractivity (Wildman–Crippen MR) is 119 cm³/mol. The molecule has 7 heteroatoms. The molecule has 32 heavy (non-hydrogen) atoms. The molecule has 2 aliphatic heterocycles. The number of rotatable bonds is 4. The lowest BCUT2D eigenvalue weighted by Gasteiger charge is -2.40. The highest BCUT2D eigenvalue weighted by Gasteiger charge is 2.44. The van der Waals surface area contributed by atoms with Crippen LogP contribution in [0.5, 0.6) is 0 Å². The summed E-state index contributed by atoms with van der Waals surface area (Å²) in [6.45, 7) is 1.26. The molecule has 3 aliphatic rings. The number of benzene rings is 2. The molecule has 0 radical (unpaired) electrons. The first-order valence-electron chi connectivity index (χ1n) is 11.2. The van der Waals surface area contributed by atoms with Crippen LogP contribution in [0.15, 0.2) is 36.4 Å². The van der Waals surface area contributed by atoms with Gasteiger partial charge in [0.25, 0.3) is 0 Å². The predicted octanol–water partition coefficient (Wildman–Crippen LogP) is 1.81. The molecule has 5 rings (SSSR count). The van der Waals surface area contributed by atoms with Crippen molar-refractivity contribution in [1.29, 1.82) is 0 Å². The summed E-state index contributed by atoms with van der Waals surface area (Å²) >= 11 is 6.50. The zero-order valence-electron chi connectivity index (χ0n) is 17.7. The smallest absolute Gasteiger partial charge is 0.113 e. The summed E-state index contributed by atoms with van der Waals surface area (Å²) in [6.07, 6.45) is -3.16. The third kappa shape index (κ3) is 4.10. The number of aliphatic hydroxyl groups is 4. The minimum atomic E-state index is -1.41. The van der Waals surface area contributed by atoms with Gasteiger partial charge in [0.15, 0.2) is 0 Å². The fraction of sp³-hybridized carbons (Fsp3) is 0.520. The fourth-order valence-corrected chi connectivity index (χ4v) is 5.53. The molecule has 0 saturated carbocycles. The van der Waals surface area contributed by atoms with Gasteiger partial charge in [-0.2, -0.15) is 0 Å². The maximum atomic E-state index is 10.5. The Hall–Kier alpha value is -1.51. The van der Waals surface area contributed by atoms with Crippen molar-refractivity contribution in [2.45, 2.75) is 49.8 Å². The Morgan fingerprint density at radius 1 is 0.875 bits per heavy atom. The number of hydrogen-bond acceptors (Lipinski definition) is 6. The third-order valence-corrected chi connectivity index (χ3v) is 7.62. The second kappa shape index (κ2) is 9.03. The zero-order valence-corrected chi connectivity index (χ0v) is 18.5. The van der Waals surface area contributed by atoms with E-state index in [1.807, 2.05) is 6.07 Å².